The Morgan fingerprint density at radius 2 is 2.00 bits per heavy atom. The van der Waals surface area contributed by atoms with Gasteiger partial charge in [-0.3, -0.25) is 19.4 Å². The van der Waals surface area contributed by atoms with Crippen LogP contribution < -0.4 is 0 Å². The Hall–Kier alpha value is -2.63. The topological polar surface area (TPSA) is 77.9 Å². The van der Waals surface area contributed by atoms with E-state index in [9.17, 15) is 19.5 Å². The Morgan fingerprint density at radius 1 is 1.35 bits per heavy atom. The number of hydrogen-bond donors (Lipinski definition) is 1. The van der Waals surface area contributed by atoms with E-state index in [0.29, 0.717) is 18.4 Å². The number of carboxylic acid groups (broad SMARTS) is 1. The van der Waals surface area contributed by atoms with Gasteiger partial charge in [0.15, 0.2) is 0 Å². The summed E-state index contributed by atoms with van der Waals surface area (Å²) in [7, 11) is 0. The van der Waals surface area contributed by atoms with Gasteiger partial charge in [0.2, 0.25) is 5.91 Å². The highest BCUT2D eigenvalue weighted by Crippen LogP contribution is 2.35. The molecule has 2 rings (SSSR count). The minimum Gasteiger partial charge on any atom is -0.465 e. The van der Waals surface area contributed by atoms with E-state index in [1.54, 1.807) is 36.4 Å². The van der Waals surface area contributed by atoms with Crippen molar-refractivity contribution in [3.63, 3.8) is 0 Å². The second kappa shape index (κ2) is 6.64. The molecule has 0 bridgehead atoms. The lowest BCUT2D eigenvalue weighted by molar-refractivity contribution is -0.147. The number of allylic oxidation sites excluding steroid dienone is 1. The SMILES string of the molecule is C=CCC1(CC)CN(C(=O)O)CN(C(=O)c2ccccc2)C1=O. The number of benzene rings is 1. The standard InChI is InChI=1S/C17H20N2O4/c1-3-10-17(4-2)11-18(16(22)23)12-19(15(17)21)14(20)13-8-6-5-7-9-13/h3,5-9H,1,4,10-12H2,2H3,(H,22,23). The molecule has 0 radical (unpaired) electrons. The average Bonchev–Trinajstić information content (AvgIpc) is 2.57. The molecule has 1 saturated heterocycles. The Labute approximate surface area is 135 Å². The first-order valence-corrected chi connectivity index (χ1v) is 7.45. The van der Waals surface area contributed by atoms with Gasteiger partial charge in [0.05, 0.1) is 5.41 Å². The van der Waals surface area contributed by atoms with E-state index in [2.05, 4.69) is 6.58 Å². The Morgan fingerprint density at radius 3 is 2.52 bits per heavy atom. The van der Waals surface area contributed by atoms with Crippen LogP contribution in [0.4, 0.5) is 4.79 Å². The van der Waals surface area contributed by atoms with Crippen molar-refractivity contribution in [1.29, 1.82) is 0 Å². The van der Waals surface area contributed by atoms with Crippen LogP contribution in [-0.4, -0.2) is 46.0 Å². The Bertz CT molecular complexity index is 629. The van der Waals surface area contributed by atoms with Gasteiger partial charge < -0.3 is 5.11 Å². The van der Waals surface area contributed by atoms with Crippen LogP contribution in [0.3, 0.4) is 0 Å². The predicted molar refractivity (Wildman–Crippen MR) is 84.8 cm³/mol. The molecular weight excluding hydrogens is 296 g/mol. The molecule has 6 heteroatoms. The molecule has 1 aliphatic heterocycles. The van der Waals surface area contributed by atoms with Crippen LogP contribution in [0.25, 0.3) is 0 Å². The minimum atomic E-state index is -1.15. The molecular formula is C17H20N2O4. The van der Waals surface area contributed by atoms with E-state index >= 15 is 0 Å². The molecule has 1 atom stereocenters. The minimum absolute atomic E-state index is 0.0717. The van der Waals surface area contributed by atoms with Crippen LogP contribution >= 0.6 is 0 Å². The molecule has 0 aliphatic carbocycles. The van der Waals surface area contributed by atoms with Crippen molar-refractivity contribution in [2.75, 3.05) is 13.2 Å². The summed E-state index contributed by atoms with van der Waals surface area (Å²) in [5, 5.41) is 9.34. The van der Waals surface area contributed by atoms with Crippen molar-refractivity contribution in [3.05, 3.63) is 48.6 Å². The summed E-state index contributed by atoms with van der Waals surface area (Å²) in [4.78, 5) is 39.1. The molecule has 0 spiro atoms. The summed E-state index contributed by atoms with van der Waals surface area (Å²) in [5.74, 6) is -0.824. The maximum atomic E-state index is 12.9. The number of carbonyl (C=O) groups is 3. The fourth-order valence-electron chi connectivity index (χ4n) is 2.86. The summed E-state index contributed by atoms with van der Waals surface area (Å²) in [6.07, 6.45) is 1.20. The monoisotopic (exact) mass is 316 g/mol. The fraction of sp³-hybridized carbons (Fsp3) is 0.353. The van der Waals surface area contributed by atoms with Crippen LogP contribution in [0.2, 0.25) is 0 Å². The summed E-state index contributed by atoms with van der Waals surface area (Å²) in [5.41, 5.74) is -0.584. The predicted octanol–water partition coefficient (Wildman–Crippen LogP) is 2.58. The van der Waals surface area contributed by atoms with E-state index in [1.807, 2.05) is 6.92 Å². The number of hydrogen-bond acceptors (Lipinski definition) is 3. The number of amides is 3. The van der Waals surface area contributed by atoms with Crippen LogP contribution in [0, 0.1) is 5.41 Å². The van der Waals surface area contributed by atoms with E-state index in [-0.39, 0.29) is 19.1 Å². The third-order valence-corrected chi connectivity index (χ3v) is 4.25. The van der Waals surface area contributed by atoms with Gasteiger partial charge >= 0.3 is 6.09 Å². The molecule has 1 aliphatic rings. The molecule has 1 aromatic carbocycles. The molecule has 1 fully saturated rings. The van der Waals surface area contributed by atoms with Gasteiger partial charge in [0, 0.05) is 12.1 Å². The molecule has 1 N–H and O–H groups in total. The lowest BCUT2D eigenvalue weighted by atomic mass is 9.78. The van der Waals surface area contributed by atoms with Crippen LogP contribution in [0.15, 0.2) is 43.0 Å². The third-order valence-electron chi connectivity index (χ3n) is 4.25. The highest BCUT2D eigenvalue weighted by Gasteiger charge is 2.48. The first-order valence-electron chi connectivity index (χ1n) is 7.45. The van der Waals surface area contributed by atoms with Crippen LogP contribution in [0.1, 0.15) is 30.1 Å². The molecule has 0 aromatic heterocycles. The maximum Gasteiger partial charge on any atom is 0.408 e. The van der Waals surface area contributed by atoms with E-state index in [0.717, 1.165) is 9.80 Å². The molecule has 1 unspecified atom stereocenters. The molecule has 1 aromatic rings. The molecule has 6 nitrogen and oxygen atoms in total. The van der Waals surface area contributed by atoms with E-state index < -0.39 is 17.4 Å². The fourth-order valence-corrected chi connectivity index (χ4v) is 2.86. The molecule has 0 saturated carbocycles. The third kappa shape index (κ3) is 3.11. The van der Waals surface area contributed by atoms with Crippen molar-refractivity contribution in [2.24, 2.45) is 5.41 Å². The first-order chi connectivity index (χ1) is 10.9. The second-order valence-electron chi connectivity index (χ2n) is 5.65. The van der Waals surface area contributed by atoms with Crippen LogP contribution in [0.5, 0.6) is 0 Å². The van der Waals surface area contributed by atoms with Crippen molar-refractivity contribution in [2.45, 2.75) is 19.8 Å². The van der Waals surface area contributed by atoms with Gasteiger partial charge in [0.1, 0.15) is 6.67 Å². The Kier molecular flexibility index (Phi) is 4.83. The summed E-state index contributed by atoms with van der Waals surface area (Å²) in [6, 6.07) is 8.39. The molecule has 23 heavy (non-hydrogen) atoms. The highest BCUT2D eigenvalue weighted by atomic mass is 16.4. The number of nitrogens with zero attached hydrogens (tertiary/aromatic N) is 2. The summed E-state index contributed by atoms with van der Waals surface area (Å²) in [6.45, 7) is 5.30. The number of rotatable bonds is 4. The van der Waals surface area contributed by atoms with Crippen molar-refractivity contribution < 1.29 is 19.5 Å². The van der Waals surface area contributed by atoms with Crippen LogP contribution in [-0.2, 0) is 4.79 Å². The maximum absolute atomic E-state index is 12.9. The number of carbonyl (C=O) groups excluding carboxylic acids is 2. The van der Waals surface area contributed by atoms with Gasteiger partial charge in [-0.25, -0.2) is 4.79 Å². The zero-order valence-corrected chi connectivity index (χ0v) is 13.1. The molecule has 3 amide bonds. The van der Waals surface area contributed by atoms with Crippen molar-refractivity contribution >= 4 is 17.9 Å². The highest BCUT2D eigenvalue weighted by molar-refractivity contribution is 6.07. The van der Waals surface area contributed by atoms with Crippen molar-refractivity contribution in [1.82, 2.24) is 9.80 Å². The Balaban J connectivity index is 2.40. The number of imide groups is 1. The lowest BCUT2D eigenvalue weighted by Crippen LogP contribution is -2.61. The van der Waals surface area contributed by atoms with Crippen molar-refractivity contribution in [3.8, 4) is 0 Å². The lowest BCUT2D eigenvalue weighted by Gasteiger charge is -2.44. The quantitative estimate of drug-likeness (QED) is 0.684. The van der Waals surface area contributed by atoms with E-state index in [4.69, 9.17) is 0 Å². The van der Waals surface area contributed by atoms with Gasteiger partial charge in [-0.05, 0) is 25.0 Å². The normalized spacial score (nSPS) is 21.2. The van der Waals surface area contributed by atoms with Gasteiger partial charge in [-0.2, -0.15) is 0 Å². The summed E-state index contributed by atoms with van der Waals surface area (Å²) >= 11 is 0. The van der Waals surface area contributed by atoms with Gasteiger partial charge in [-0.15, -0.1) is 6.58 Å². The summed E-state index contributed by atoms with van der Waals surface area (Å²) < 4.78 is 0. The zero-order valence-electron chi connectivity index (χ0n) is 13.1. The van der Waals surface area contributed by atoms with E-state index in [1.165, 1.54) is 0 Å². The second-order valence-corrected chi connectivity index (χ2v) is 5.65. The van der Waals surface area contributed by atoms with Gasteiger partial charge in [-0.1, -0.05) is 31.2 Å². The van der Waals surface area contributed by atoms with Gasteiger partial charge in [0.25, 0.3) is 5.91 Å². The largest absolute Gasteiger partial charge is 0.465 e. The smallest absolute Gasteiger partial charge is 0.408 e. The zero-order chi connectivity index (χ0) is 17.0. The molecule has 1 heterocycles. The average molecular weight is 316 g/mol. The molecule has 122 valence electrons. The first kappa shape index (κ1) is 16.7.